The largest absolute Gasteiger partial charge is 0.322 e. The lowest BCUT2D eigenvalue weighted by atomic mass is 9.97. The summed E-state index contributed by atoms with van der Waals surface area (Å²) >= 11 is 0. The molecule has 5 heteroatoms. The van der Waals surface area contributed by atoms with Crippen molar-refractivity contribution in [3.63, 3.8) is 0 Å². The molecule has 0 aromatic carbocycles. The van der Waals surface area contributed by atoms with Gasteiger partial charge in [-0.15, -0.1) is 0 Å². The zero-order chi connectivity index (χ0) is 12.1. The Morgan fingerprint density at radius 2 is 2.12 bits per heavy atom. The third-order valence-electron chi connectivity index (χ3n) is 3.35. The van der Waals surface area contributed by atoms with E-state index in [1.807, 2.05) is 6.07 Å². The van der Waals surface area contributed by atoms with Crippen LogP contribution in [0.3, 0.4) is 0 Å². The molecule has 0 radical (unpaired) electrons. The number of anilines is 1. The fourth-order valence-electron chi connectivity index (χ4n) is 2.39. The van der Waals surface area contributed by atoms with E-state index in [-0.39, 0.29) is 12.5 Å². The number of hydrogen-bond donors (Lipinski definition) is 3. The third-order valence-corrected chi connectivity index (χ3v) is 3.35. The number of nitrogens with two attached hydrogens (primary N) is 1. The number of nitrogens with zero attached hydrogens (tertiary/aromatic N) is 1. The van der Waals surface area contributed by atoms with Crippen molar-refractivity contribution in [3.05, 3.63) is 11.8 Å². The van der Waals surface area contributed by atoms with Gasteiger partial charge in [0.2, 0.25) is 5.91 Å². The number of aromatic nitrogens is 2. The molecule has 1 amide bonds. The molecule has 0 unspecified atom stereocenters. The lowest BCUT2D eigenvalue weighted by molar-refractivity contribution is -0.114. The molecule has 1 aromatic rings. The topological polar surface area (TPSA) is 83.8 Å². The summed E-state index contributed by atoms with van der Waals surface area (Å²) in [5.41, 5.74) is 6.38. The minimum absolute atomic E-state index is 0.00831. The number of hydrogen-bond acceptors (Lipinski definition) is 3. The summed E-state index contributed by atoms with van der Waals surface area (Å²) in [5.74, 6) is 0.942. The van der Waals surface area contributed by atoms with Crippen LogP contribution in [-0.2, 0) is 4.79 Å². The third kappa shape index (κ3) is 3.30. The van der Waals surface area contributed by atoms with E-state index in [0.29, 0.717) is 11.7 Å². The standard InChI is InChI=1S/C12H20N4O/c13-8-12(17)14-11-7-10(15-16-11)9-5-3-1-2-4-6-9/h7,9H,1-6,8,13H2,(H2,14,15,16,17). The number of carbonyl (C=O) groups excluding carboxylic acids is 1. The van der Waals surface area contributed by atoms with E-state index in [9.17, 15) is 4.79 Å². The van der Waals surface area contributed by atoms with Gasteiger partial charge in [-0.25, -0.2) is 0 Å². The maximum Gasteiger partial charge on any atom is 0.239 e. The van der Waals surface area contributed by atoms with Crippen LogP contribution in [0.4, 0.5) is 5.82 Å². The molecule has 5 nitrogen and oxygen atoms in total. The Kier molecular flexibility index (Phi) is 4.14. The highest BCUT2D eigenvalue weighted by Gasteiger charge is 2.16. The Bertz CT molecular complexity index is 366. The minimum Gasteiger partial charge on any atom is -0.322 e. The molecule has 94 valence electrons. The average molecular weight is 236 g/mol. The number of H-pyrrole nitrogens is 1. The lowest BCUT2D eigenvalue weighted by Crippen LogP contribution is -2.21. The van der Waals surface area contributed by atoms with E-state index in [4.69, 9.17) is 5.73 Å². The van der Waals surface area contributed by atoms with Crippen LogP contribution in [0.5, 0.6) is 0 Å². The Balaban J connectivity index is 1.98. The predicted octanol–water partition coefficient (Wildman–Crippen LogP) is 1.74. The van der Waals surface area contributed by atoms with Crippen LogP contribution in [-0.4, -0.2) is 22.6 Å². The summed E-state index contributed by atoms with van der Waals surface area (Å²) < 4.78 is 0. The average Bonchev–Trinajstić information content (AvgIpc) is 2.63. The first-order chi connectivity index (χ1) is 8.29. The van der Waals surface area contributed by atoms with Gasteiger partial charge in [0.25, 0.3) is 0 Å². The van der Waals surface area contributed by atoms with Gasteiger partial charge in [-0.2, -0.15) is 5.10 Å². The zero-order valence-corrected chi connectivity index (χ0v) is 10.0. The molecule has 0 saturated heterocycles. The summed E-state index contributed by atoms with van der Waals surface area (Å²) in [7, 11) is 0. The van der Waals surface area contributed by atoms with Crippen LogP contribution in [0.1, 0.15) is 50.1 Å². The van der Waals surface area contributed by atoms with Crippen molar-refractivity contribution in [2.45, 2.75) is 44.4 Å². The van der Waals surface area contributed by atoms with E-state index in [1.165, 1.54) is 38.5 Å². The zero-order valence-electron chi connectivity index (χ0n) is 10.0. The van der Waals surface area contributed by atoms with Gasteiger partial charge in [-0.05, 0) is 12.8 Å². The summed E-state index contributed by atoms with van der Waals surface area (Å²) in [6.07, 6.45) is 7.67. The lowest BCUT2D eigenvalue weighted by Gasteiger charge is -2.10. The van der Waals surface area contributed by atoms with Crippen molar-refractivity contribution in [2.24, 2.45) is 5.73 Å². The number of amides is 1. The SMILES string of the molecule is NCC(=O)Nc1cc(C2CCCCCC2)[nH]n1. The van der Waals surface area contributed by atoms with E-state index in [2.05, 4.69) is 15.5 Å². The van der Waals surface area contributed by atoms with Crippen molar-refractivity contribution >= 4 is 11.7 Å². The van der Waals surface area contributed by atoms with Crippen LogP contribution in [0.15, 0.2) is 6.07 Å². The minimum atomic E-state index is -0.205. The Morgan fingerprint density at radius 1 is 1.41 bits per heavy atom. The molecular weight excluding hydrogens is 216 g/mol. The maximum atomic E-state index is 11.1. The van der Waals surface area contributed by atoms with E-state index in [1.54, 1.807) is 0 Å². The molecule has 0 spiro atoms. The van der Waals surface area contributed by atoms with E-state index >= 15 is 0 Å². The highest BCUT2D eigenvalue weighted by molar-refractivity contribution is 5.91. The Labute approximate surface area is 101 Å². The fraction of sp³-hybridized carbons (Fsp3) is 0.667. The van der Waals surface area contributed by atoms with Gasteiger partial charge in [0.05, 0.1) is 6.54 Å². The second kappa shape index (κ2) is 5.82. The number of rotatable bonds is 3. The van der Waals surface area contributed by atoms with Crippen LogP contribution in [0.2, 0.25) is 0 Å². The number of carbonyl (C=O) groups is 1. The summed E-state index contributed by atoms with van der Waals surface area (Å²) in [5, 5.41) is 9.78. The summed E-state index contributed by atoms with van der Waals surface area (Å²) in [4.78, 5) is 11.1. The van der Waals surface area contributed by atoms with E-state index in [0.717, 1.165) is 5.69 Å². The van der Waals surface area contributed by atoms with Crippen LogP contribution < -0.4 is 11.1 Å². The first-order valence-electron chi connectivity index (χ1n) is 6.35. The molecule has 1 fully saturated rings. The summed E-state index contributed by atoms with van der Waals surface area (Å²) in [6.45, 7) is -0.00831. The Hall–Kier alpha value is -1.36. The van der Waals surface area contributed by atoms with Crippen molar-refractivity contribution in [1.29, 1.82) is 0 Å². The second-order valence-corrected chi connectivity index (χ2v) is 4.65. The van der Waals surface area contributed by atoms with Gasteiger partial charge in [0.1, 0.15) is 0 Å². The molecule has 1 heterocycles. The molecule has 2 rings (SSSR count). The highest BCUT2D eigenvalue weighted by Crippen LogP contribution is 2.31. The summed E-state index contributed by atoms with van der Waals surface area (Å²) in [6, 6.07) is 1.93. The van der Waals surface area contributed by atoms with Gasteiger partial charge in [-0.3, -0.25) is 9.89 Å². The second-order valence-electron chi connectivity index (χ2n) is 4.65. The highest BCUT2D eigenvalue weighted by atomic mass is 16.1. The first-order valence-corrected chi connectivity index (χ1v) is 6.35. The van der Waals surface area contributed by atoms with Crippen molar-refractivity contribution in [3.8, 4) is 0 Å². The fourth-order valence-corrected chi connectivity index (χ4v) is 2.39. The molecule has 0 bridgehead atoms. The first kappa shape index (κ1) is 12.1. The van der Waals surface area contributed by atoms with Gasteiger partial charge >= 0.3 is 0 Å². The van der Waals surface area contributed by atoms with Gasteiger partial charge in [0.15, 0.2) is 5.82 Å². The van der Waals surface area contributed by atoms with Gasteiger partial charge in [-0.1, -0.05) is 25.7 Å². The Morgan fingerprint density at radius 3 is 2.76 bits per heavy atom. The van der Waals surface area contributed by atoms with Gasteiger partial charge < -0.3 is 11.1 Å². The normalized spacial score (nSPS) is 17.7. The quantitative estimate of drug-likeness (QED) is 0.699. The maximum absolute atomic E-state index is 11.1. The molecule has 1 aliphatic rings. The number of aromatic amines is 1. The monoisotopic (exact) mass is 236 g/mol. The number of nitrogens with one attached hydrogen (secondary N) is 2. The van der Waals surface area contributed by atoms with Gasteiger partial charge in [0, 0.05) is 17.7 Å². The molecule has 1 saturated carbocycles. The molecular formula is C12H20N4O. The molecule has 4 N–H and O–H groups in total. The van der Waals surface area contributed by atoms with E-state index < -0.39 is 0 Å². The van der Waals surface area contributed by atoms with Crippen molar-refractivity contribution < 1.29 is 4.79 Å². The molecule has 17 heavy (non-hydrogen) atoms. The van der Waals surface area contributed by atoms with Crippen molar-refractivity contribution in [1.82, 2.24) is 10.2 Å². The smallest absolute Gasteiger partial charge is 0.239 e. The van der Waals surface area contributed by atoms with Crippen LogP contribution >= 0.6 is 0 Å². The molecule has 1 aromatic heterocycles. The van der Waals surface area contributed by atoms with Crippen LogP contribution in [0.25, 0.3) is 0 Å². The molecule has 0 aliphatic heterocycles. The molecule has 0 atom stereocenters. The van der Waals surface area contributed by atoms with Crippen LogP contribution in [0, 0.1) is 0 Å². The molecule has 1 aliphatic carbocycles. The van der Waals surface area contributed by atoms with Crippen molar-refractivity contribution in [2.75, 3.05) is 11.9 Å². The predicted molar refractivity (Wildman–Crippen MR) is 66.7 cm³/mol.